The molecule has 18 heavy (non-hydrogen) atoms. The first-order valence-electron chi connectivity index (χ1n) is 5.88. The third-order valence-corrected chi connectivity index (χ3v) is 3.21. The van der Waals surface area contributed by atoms with Gasteiger partial charge in [-0.1, -0.05) is 11.3 Å². The topological polar surface area (TPSA) is 100 Å². The Balaban J connectivity index is 2.70. The summed E-state index contributed by atoms with van der Waals surface area (Å²) in [6.45, 7) is 5.85. The van der Waals surface area contributed by atoms with E-state index in [2.05, 4.69) is 15.6 Å². The first-order chi connectivity index (χ1) is 8.43. The van der Waals surface area contributed by atoms with E-state index in [0.717, 1.165) is 0 Å². The van der Waals surface area contributed by atoms with Crippen molar-refractivity contribution < 1.29 is 9.90 Å². The molecule has 0 saturated heterocycles. The molecule has 1 aromatic rings. The molecule has 0 radical (unpaired) electrons. The van der Waals surface area contributed by atoms with E-state index in [1.54, 1.807) is 0 Å². The van der Waals surface area contributed by atoms with Crippen LogP contribution in [0.4, 0.5) is 10.9 Å². The van der Waals surface area contributed by atoms with Crippen LogP contribution < -0.4 is 16.4 Å². The maximum atomic E-state index is 11.9. The SMILES string of the molecule is CC(C)Nc1nc(N)c(C(=O)NC(C)CCO)s1. The number of nitrogen functional groups attached to an aromatic ring is 1. The van der Waals surface area contributed by atoms with Crippen LogP contribution in [0.25, 0.3) is 0 Å². The molecule has 0 spiro atoms. The number of aliphatic hydroxyl groups is 1. The van der Waals surface area contributed by atoms with E-state index < -0.39 is 0 Å². The molecule has 1 rings (SSSR count). The van der Waals surface area contributed by atoms with Crippen LogP contribution in [0.2, 0.25) is 0 Å². The molecule has 1 atom stereocenters. The summed E-state index contributed by atoms with van der Waals surface area (Å²) in [5.74, 6) is -0.0143. The molecule has 0 bridgehead atoms. The average molecular weight is 272 g/mol. The maximum Gasteiger partial charge on any atom is 0.265 e. The Morgan fingerprint density at radius 2 is 2.17 bits per heavy atom. The quantitative estimate of drug-likeness (QED) is 0.620. The predicted octanol–water partition coefficient (Wildman–Crippen LogP) is 1.05. The molecule has 1 aromatic heterocycles. The highest BCUT2D eigenvalue weighted by Crippen LogP contribution is 2.25. The molecular weight excluding hydrogens is 252 g/mol. The third kappa shape index (κ3) is 4.15. The Morgan fingerprint density at radius 3 is 2.72 bits per heavy atom. The van der Waals surface area contributed by atoms with Crippen molar-refractivity contribution >= 4 is 28.2 Å². The van der Waals surface area contributed by atoms with Crippen molar-refractivity contribution in [3.05, 3.63) is 4.88 Å². The smallest absolute Gasteiger partial charge is 0.265 e. The fourth-order valence-electron chi connectivity index (χ4n) is 1.36. The standard InChI is InChI=1S/C11H20N4O2S/c1-6(2)13-11-15-9(12)8(18-11)10(17)14-7(3)4-5-16/h6-7,16H,4-5,12H2,1-3H3,(H,13,15)(H,14,17). The second-order valence-electron chi connectivity index (χ2n) is 4.42. The van der Waals surface area contributed by atoms with Crippen molar-refractivity contribution in [2.24, 2.45) is 0 Å². The van der Waals surface area contributed by atoms with Crippen molar-refractivity contribution in [2.75, 3.05) is 17.7 Å². The van der Waals surface area contributed by atoms with Gasteiger partial charge < -0.3 is 21.5 Å². The number of rotatable bonds is 6. The normalized spacial score (nSPS) is 12.5. The highest BCUT2D eigenvalue weighted by molar-refractivity contribution is 7.18. The molecule has 0 saturated carbocycles. The molecular formula is C11H20N4O2S. The Bertz CT molecular complexity index is 406. The van der Waals surface area contributed by atoms with Crippen molar-refractivity contribution in [1.29, 1.82) is 0 Å². The minimum atomic E-state index is -0.247. The van der Waals surface area contributed by atoms with Crippen molar-refractivity contribution in [1.82, 2.24) is 10.3 Å². The number of amides is 1. The van der Waals surface area contributed by atoms with Gasteiger partial charge in [-0.05, 0) is 27.2 Å². The van der Waals surface area contributed by atoms with E-state index in [-0.39, 0.29) is 30.4 Å². The summed E-state index contributed by atoms with van der Waals surface area (Å²) in [5, 5.41) is 15.3. The van der Waals surface area contributed by atoms with Gasteiger partial charge in [-0.3, -0.25) is 4.79 Å². The zero-order chi connectivity index (χ0) is 13.7. The number of aromatic nitrogens is 1. The van der Waals surface area contributed by atoms with Gasteiger partial charge in [0.2, 0.25) is 0 Å². The minimum Gasteiger partial charge on any atom is -0.396 e. The van der Waals surface area contributed by atoms with E-state index in [4.69, 9.17) is 10.8 Å². The number of carbonyl (C=O) groups is 1. The molecule has 6 nitrogen and oxygen atoms in total. The maximum absolute atomic E-state index is 11.9. The van der Waals surface area contributed by atoms with Gasteiger partial charge in [0, 0.05) is 18.7 Å². The Labute approximate surface area is 111 Å². The summed E-state index contributed by atoms with van der Waals surface area (Å²) in [4.78, 5) is 16.4. The number of carbonyl (C=O) groups excluding carboxylic acids is 1. The van der Waals surface area contributed by atoms with Crippen LogP contribution in [-0.2, 0) is 0 Å². The second kappa shape index (κ2) is 6.55. The number of hydrogen-bond donors (Lipinski definition) is 4. The van der Waals surface area contributed by atoms with Crippen LogP contribution in [0, 0.1) is 0 Å². The monoisotopic (exact) mass is 272 g/mol. The lowest BCUT2D eigenvalue weighted by Gasteiger charge is -2.11. The minimum absolute atomic E-state index is 0.0414. The van der Waals surface area contributed by atoms with Crippen molar-refractivity contribution in [2.45, 2.75) is 39.3 Å². The number of anilines is 2. The molecule has 0 fully saturated rings. The number of nitrogens with one attached hydrogen (secondary N) is 2. The lowest BCUT2D eigenvalue weighted by Crippen LogP contribution is -2.33. The van der Waals surface area contributed by atoms with Gasteiger partial charge >= 0.3 is 0 Å². The van der Waals surface area contributed by atoms with Crippen LogP contribution in [0.1, 0.15) is 36.9 Å². The number of hydrogen-bond acceptors (Lipinski definition) is 6. The van der Waals surface area contributed by atoms with E-state index in [1.165, 1.54) is 11.3 Å². The molecule has 1 unspecified atom stereocenters. The third-order valence-electron chi connectivity index (χ3n) is 2.21. The first-order valence-corrected chi connectivity index (χ1v) is 6.70. The van der Waals surface area contributed by atoms with Crippen LogP contribution in [0.15, 0.2) is 0 Å². The molecule has 1 heterocycles. The second-order valence-corrected chi connectivity index (χ2v) is 5.42. The Hall–Kier alpha value is -1.34. The predicted molar refractivity (Wildman–Crippen MR) is 73.9 cm³/mol. The van der Waals surface area contributed by atoms with E-state index in [0.29, 0.717) is 16.4 Å². The number of aliphatic hydroxyl groups excluding tert-OH is 1. The fraction of sp³-hybridized carbons (Fsp3) is 0.636. The zero-order valence-electron chi connectivity index (χ0n) is 10.9. The number of nitrogens with zero attached hydrogens (tertiary/aromatic N) is 1. The lowest BCUT2D eigenvalue weighted by molar-refractivity contribution is 0.0939. The fourth-order valence-corrected chi connectivity index (χ4v) is 2.29. The van der Waals surface area contributed by atoms with Gasteiger partial charge in [-0.2, -0.15) is 0 Å². The van der Waals surface area contributed by atoms with Crippen LogP contribution in [0.5, 0.6) is 0 Å². The summed E-state index contributed by atoms with van der Waals surface area (Å²) in [7, 11) is 0. The Morgan fingerprint density at radius 1 is 1.50 bits per heavy atom. The molecule has 0 aromatic carbocycles. The van der Waals surface area contributed by atoms with E-state index in [9.17, 15) is 4.79 Å². The number of thiazole rings is 1. The van der Waals surface area contributed by atoms with Gasteiger partial charge in [0.1, 0.15) is 10.7 Å². The molecule has 7 heteroatoms. The zero-order valence-corrected chi connectivity index (χ0v) is 11.7. The van der Waals surface area contributed by atoms with Crippen LogP contribution >= 0.6 is 11.3 Å². The summed E-state index contributed by atoms with van der Waals surface area (Å²) in [5.41, 5.74) is 5.72. The van der Waals surface area contributed by atoms with Gasteiger partial charge in [0.25, 0.3) is 5.91 Å². The highest BCUT2D eigenvalue weighted by atomic mass is 32.1. The average Bonchev–Trinajstić information content (AvgIpc) is 2.58. The highest BCUT2D eigenvalue weighted by Gasteiger charge is 2.17. The summed E-state index contributed by atoms with van der Waals surface area (Å²) in [6, 6.07) is 0.144. The molecule has 5 N–H and O–H groups in total. The molecule has 102 valence electrons. The molecule has 0 aliphatic rings. The van der Waals surface area contributed by atoms with Gasteiger partial charge in [-0.25, -0.2) is 4.98 Å². The first kappa shape index (κ1) is 14.7. The summed E-state index contributed by atoms with van der Waals surface area (Å²) >= 11 is 1.23. The van der Waals surface area contributed by atoms with Gasteiger partial charge in [-0.15, -0.1) is 0 Å². The van der Waals surface area contributed by atoms with Crippen molar-refractivity contribution in [3.63, 3.8) is 0 Å². The summed E-state index contributed by atoms with van der Waals surface area (Å²) in [6.07, 6.45) is 0.515. The van der Waals surface area contributed by atoms with E-state index in [1.807, 2.05) is 20.8 Å². The van der Waals surface area contributed by atoms with E-state index >= 15 is 0 Å². The van der Waals surface area contributed by atoms with Crippen molar-refractivity contribution in [3.8, 4) is 0 Å². The summed E-state index contributed by atoms with van der Waals surface area (Å²) < 4.78 is 0. The lowest BCUT2D eigenvalue weighted by atomic mass is 10.2. The van der Waals surface area contributed by atoms with Gasteiger partial charge in [0.05, 0.1) is 0 Å². The molecule has 0 aliphatic carbocycles. The Kier molecular flexibility index (Phi) is 5.36. The number of nitrogens with two attached hydrogens (primary N) is 1. The van der Waals surface area contributed by atoms with Crippen LogP contribution in [-0.4, -0.2) is 34.7 Å². The van der Waals surface area contributed by atoms with Crippen LogP contribution in [0.3, 0.4) is 0 Å². The van der Waals surface area contributed by atoms with Gasteiger partial charge in [0.15, 0.2) is 5.13 Å². The molecule has 1 amide bonds. The largest absolute Gasteiger partial charge is 0.396 e. The molecule has 0 aliphatic heterocycles.